The van der Waals surface area contributed by atoms with E-state index in [1.807, 2.05) is 34.6 Å². The van der Waals surface area contributed by atoms with Gasteiger partial charge in [-0.15, -0.1) is 0 Å². The fraction of sp³-hybridized carbons (Fsp3) is 0.870. The van der Waals surface area contributed by atoms with Gasteiger partial charge >= 0.3 is 11.9 Å². The van der Waals surface area contributed by atoms with Crippen LogP contribution in [0.25, 0.3) is 0 Å². The Labute approximate surface area is 172 Å². The monoisotopic (exact) mass is 395 g/mol. The van der Waals surface area contributed by atoms with Crippen LogP contribution in [0, 0.1) is 28.1 Å². The minimum atomic E-state index is -0.430. The van der Waals surface area contributed by atoms with Crippen LogP contribution in [0.5, 0.6) is 0 Å². The van der Waals surface area contributed by atoms with Crippen molar-refractivity contribution in [3.63, 3.8) is 0 Å². The van der Waals surface area contributed by atoms with Gasteiger partial charge in [0.05, 0.1) is 30.6 Å². The third-order valence-electron chi connectivity index (χ3n) is 5.46. The number of nitriles is 1. The lowest BCUT2D eigenvalue weighted by molar-refractivity contribution is -0.154. The summed E-state index contributed by atoms with van der Waals surface area (Å²) in [5.74, 6) is -0.180. The second-order valence-corrected chi connectivity index (χ2v) is 9.00. The van der Waals surface area contributed by atoms with Crippen LogP contribution in [-0.4, -0.2) is 25.7 Å². The van der Waals surface area contributed by atoms with E-state index in [9.17, 15) is 14.9 Å². The van der Waals surface area contributed by atoms with Crippen LogP contribution >= 0.6 is 0 Å². The van der Waals surface area contributed by atoms with Crippen LogP contribution in [0.3, 0.4) is 0 Å². The number of ether oxygens (including phenoxy) is 2. The van der Waals surface area contributed by atoms with Gasteiger partial charge in [0.1, 0.15) is 0 Å². The summed E-state index contributed by atoms with van der Waals surface area (Å²) < 4.78 is 9.95. The van der Waals surface area contributed by atoms with Gasteiger partial charge in [-0.05, 0) is 60.3 Å². The molecule has 0 aromatic heterocycles. The summed E-state index contributed by atoms with van der Waals surface area (Å²) in [6, 6.07) is 2.43. The maximum absolute atomic E-state index is 11.9. The fourth-order valence-corrected chi connectivity index (χ4v) is 3.35. The number of esters is 2. The Morgan fingerprint density at radius 3 is 1.71 bits per heavy atom. The molecule has 0 radical (unpaired) electrons. The second-order valence-electron chi connectivity index (χ2n) is 9.00. The molecule has 162 valence electrons. The molecule has 0 aliphatic heterocycles. The molecule has 0 aliphatic carbocycles. The number of methoxy groups -OCH3 is 1. The quantitative estimate of drug-likeness (QED) is 0.258. The first kappa shape index (κ1) is 26.4. The van der Waals surface area contributed by atoms with Crippen LogP contribution in [0.1, 0.15) is 98.8 Å². The average Bonchev–Trinajstić information content (AvgIpc) is 2.65. The van der Waals surface area contributed by atoms with Crippen LogP contribution in [0.15, 0.2) is 0 Å². The lowest BCUT2D eigenvalue weighted by atomic mass is 9.86. The van der Waals surface area contributed by atoms with Gasteiger partial charge in [0.15, 0.2) is 0 Å². The Hall–Kier alpha value is -1.57. The molecular formula is C23H41NO4. The van der Waals surface area contributed by atoms with Gasteiger partial charge in [0.25, 0.3) is 0 Å². The Morgan fingerprint density at radius 2 is 1.32 bits per heavy atom. The first-order valence-electron chi connectivity index (χ1n) is 10.8. The van der Waals surface area contributed by atoms with Gasteiger partial charge in [0, 0.05) is 5.92 Å². The van der Waals surface area contributed by atoms with Crippen molar-refractivity contribution in [3.8, 4) is 6.07 Å². The number of hydrogen-bond donors (Lipinski definition) is 0. The predicted octanol–water partition coefficient (Wildman–Crippen LogP) is 5.82. The van der Waals surface area contributed by atoms with E-state index < -0.39 is 10.8 Å². The first-order valence-corrected chi connectivity index (χ1v) is 10.8. The van der Waals surface area contributed by atoms with E-state index in [0.29, 0.717) is 6.61 Å². The lowest BCUT2D eigenvalue weighted by Gasteiger charge is -2.22. The smallest absolute Gasteiger partial charge is 0.311 e. The standard InChI is InChI=1S/C23H41NO4/c1-7-28-21(26)23(4,5)17-13-9-11-15-19(18-24)14-10-8-12-16-22(2,3)20(25)27-6/h19H,7-17H2,1-6H3. The third kappa shape index (κ3) is 10.7. The summed E-state index contributed by atoms with van der Waals surface area (Å²) in [5.41, 5.74) is -0.858. The maximum atomic E-state index is 11.9. The Kier molecular flexibility index (Phi) is 12.8. The largest absolute Gasteiger partial charge is 0.469 e. The molecule has 0 N–H and O–H groups in total. The highest BCUT2D eigenvalue weighted by molar-refractivity contribution is 5.76. The minimum absolute atomic E-state index is 0.103. The van der Waals surface area contributed by atoms with Crippen molar-refractivity contribution >= 4 is 11.9 Å². The number of hydrogen-bond acceptors (Lipinski definition) is 5. The predicted molar refractivity (Wildman–Crippen MR) is 111 cm³/mol. The molecule has 5 nitrogen and oxygen atoms in total. The highest BCUT2D eigenvalue weighted by Gasteiger charge is 2.28. The highest BCUT2D eigenvalue weighted by atomic mass is 16.5. The Bertz CT molecular complexity index is 505. The molecule has 1 unspecified atom stereocenters. The summed E-state index contributed by atoms with van der Waals surface area (Å²) in [6.45, 7) is 9.96. The van der Waals surface area contributed by atoms with Crippen LogP contribution in [0.2, 0.25) is 0 Å². The van der Waals surface area contributed by atoms with E-state index in [0.717, 1.165) is 64.2 Å². The van der Waals surface area contributed by atoms with E-state index in [-0.39, 0.29) is 17.9 Å². The number of rotatable bonds is 15. The third-order valence-corrected chi connectivity index (χ3v) is 5.46. The van der Waals surface area contributed by atoms with Crippen molar-refractivity contribution in [2.24, 2.45) is 16.7 Å². The molecule has 0 amide bonds. The SMILES string of the molecule is CCOC(=O)C(C)(C)CCCCCC(C#N)CCCCCC(C)(C)C(=O)OC. The van der Waals surface area contributed by atoms with Gasteiger partial charge in [-0.25, -0.2) is 0 Å². The molecule has 1 atom stereocenters. The molecule has 5 heteroatoms. The van der Waals surface area contributed by atoms with E-state index >= 15 is 0 Å². The van der Waals surface area contributed by atoms with E-state index in [4.69, 9.17) is 9.47 Å². The summed E-state index contributed by atoms with van der Waals surface area (Å²) in [6.07, 6.45) is 9.54. The zero-order chi connectivity index (χ0) is 21.6. The van der Waals surface area contributed by atoms with Crippen molar-refractivity contribution in [1.82, 2.24) is 0 Å². The zero-order valence-corrected chi connectivity index (χ0v) is 18.9. The molecule has 0 aromatic rings. The van der Waals surface area contributed by atoms with Gasteiger partial charge < -0.3 is 9.47 Å². The zero-order valence-electron chi connectivity index (χ0n) is 18.9. The van der Waals surface area contributed by atoms with Crippen molar-refractivity contribution in [2.45, 2.75) is 98.8 Å². The minimum Gasteiger partial charge on any atom is -0.469 e. The maximum Gasteiger partial charge on any atom is 0.311 e. The molecule has 0 heterocycles. The van der Waals surface area contributed by atoms with Gasteiger partial charge in [-0.2, -0.15) is 5.26 Å². The average molecular weight is 396 g/mol. The number of carbonyl (C=O) groups is 2. The van der Waals surface area contributed by atoms with Gasteiger partial charge in [-0.3, -0.25) is 9.59 Å². The summed E-state index contributed by atoms with van der Waals surface area (Å²) >= 11 is 0. The Balaban J connectivity index is 3.93. The fourth-order valence-electron chi connectivity index (χ4n) is 3.35. The molecule has 0 bridgehead atoms. The summed E-state index contributed by atoms with van der Waals surface area (Å²) in [7, 11) is 1.43. The Morgan fingerprint density at radius 1 is 0.857 bits per heavy atom. The number of carbonyl (C=O) groups excluding carboxylic acids is 2. The summed E-state index contributed by atoms with van der Waals surface area (Å²) in [4.78, 5) is 23.5. The second kappa shape index (κ2) is 13.6. The normalized spacial score (nSPS) is 12.9. The van der Waals surface area contributed by atoms with Crippen molar-refractivity contribution in [3.05, 3.63) is 0 Å². The molecule has 0 fully saturated rings. The van der Waals surface area contributed by atoms with Crippen LogP contribution < -0.4 is 0 Å². The van der Waals surface area contributed by atoms with Crippen LogP contribution in [-0.2, 0) is 19.1 Å². The molecule has 0 saturated carbocycles. The van der Waals surface area contributed by atoms with Gasteiger partial charge in [-0.1, -0.05) is 38.5 Å². The lowest BCUT2D eigenvalue weighted by Crippen LogP contribution is -2.26. The van der Waals surface area contributed by atoms with Gasteiger partial charge in [0.2, 0.25) is 0 Å². The highest BCUT2D eigenvalue weighted by Crippen LogP contribution is 2.27. The molecule has 0 spiro atoms. The number of unbranched alkanes of at least 4 members (excludes halogenated alkanes) is 4. The van der Waals surface area contributed by atoms with Crippen LogP contribution in [0.4, 0.5) is 0 Å². The molecule has 0 rings (SSSR count). The van der Waals surface area contributed by atoms with E-state index in [1.165, 1.54) is 7.11 Å². The van der Waals surface area contributed by atoms with Crippen molar-refractivity contribution in [2.75, 3.05) is 13.7 Å². The topological polar surface area (TPSA) is 76.4 Å². The molecule has 28 heavy (non-hydrogen) atoms. The summed E-state index contributed by atoms with van der Waals surface area (Å²) in [5, 5.41) is 9.36. The first-order chi connectivity index (χ1) is 13.1. The molecule has 0 aromatic carbocycles. The van der Waals surface area contributed by atoms with E-state index in [1.54, 1.807) is 0 Å². The molecule has 0 saturated heterocycles. The molecular weight excluding hydrogens is 354 g/mol. The van der Waals surface area contributed by atoms with Crippen molar-refractivity contribution in [1.29, 1.82) is 5.26 Å². The molecule has 0 aliphatic rings. The number of nitrogens with zero attached hydrogens (tertiary/aromatic N) is 1. The van der Waals surface area contributed by atoms with Crippen molar-refractivity contribution < 1.29 is 19.1 Å². The van der Waals surface area contributed by atoms with E-state index in [2.05, 4.69) is 6.07 Å².